The molecule has 0 aromatic heterocycles. The molecule has 4 heteroatoms. The zero-order valence-corrected chi connectivity index (χ0v) is 7.08. The van der Waals surface area contributed by atoms with E-state index in [0.717, 1.165) is 19.3 Å². The number of hydrogen-bond donors (Lipinski definition) is 2. The molecule has 1 aliphatic rings. The highest BCUT2D eigenvalue weighted by atomic mass is 19.1. The molecule has 1 fully saturated rings. The van der Waals surface area contributed by atoms with Gasteiger partial charge in [0.15, 0.2) is 0 Å². The lowest BCUT2D eigenvalue weighted by Gasteiger charge is -2.17. The van der Waals surface area contributed by atoms with Gasteiger partial charge in [0.25, 0.3) is 0 Å². The van der Waals surface area contributed by atoms with Gasteiger partial charge in [-0.15, -0.1) is 0 Å². The smallest absolute Gasteiger partial charge is 0.118 e. The van der Waals surface area contributed by atoms with Crippen LogP contribution < -0.4 is 5.73 Å². The Morgan fingerprint density at radius 2 is 2.33 bits per heavy atom. The minimum absolute atomic E-state index is 0.0196. The Kier molecular flexibility index (Phi) is 3.91. The number of aliphatic hydroxyl groups is 1. The summed E-state index contributed by atoms with van der Waals surface area (Å²) in [5.74, 6) is 0. The molecule has 0 bridgehead atoms. The third kappa shape index (κ3) is 2.69. The SMILES string of the molecule is NC1CCCC1OCC(O)CF. The van der Waals surface area contributed by atoms with E-state index in [2.05, 4.69) is 0 Å². The largest absolute Gasteiger partial charge is 0.388 e. The first kappa shape index (κ1) is 9.89. The predicted octanol–water partition coefficient (Wildman–Crippen LogP) is 0.213. The molecular formula is C8H16FNO2. The van der Waals surface area contributed by atoms with Gasteiger partial charge in [-0.1, -0.05) is 0 Å². The maximum absolute atomic E-state index is 11.8. The average Bonchev–Trinajstić information content (AvgIpc) is 2.47. The zero-order valence-electron chi connectivity index (χ0n) is 7.08. The quantitative estimate of drug-likeness (QED) is 0.645. The fourth-order valence-corrected chi connectivity index (χ4v) is 1.44. The van der Waals surface area contributed by atoms with Crippen LogP contribution in [0.5, 0.6) is 0 Å². The second-order valence-electron chi connectivity index (χ2n) is 3.27. The van der Waals surface area contributed by atoms with Gasteiger partial charge in [0.1, 0.15) is 12.8 Å². The average molecular weight is 177 g/mol. The molecule has 0 spiro atoms. The monoisotopic (exact) mass is 177 g/mol. The number of aliphatic hydroxyl groups excluding tert-OH is 1. The third-order valence-electron chi connectivity index (χ3n) is 2.18. The van der Waals surface area contributed by atoms with E-state index >= 15 is 0 Å². The van der Waals surface area contributed by atoms with Crippen molar-refractivity contribution in [2.75, 3.05) is 13.3 Å². The number of halogens is 1. The Balaban J connectivity index is 2.13. The molecule has 3 unspecified atom stereocenters. The predicted molar refractivity (Wildman–Crippen MR) is 43.5 cm³/mol. The molecule has 0 amide bonds. The van der Waals surface area contributed by atoms with Gasteiger partial charge in [0.05, 0.1) is 12.7 Å². The van der Waals surface area contributed by atoms with Crippen LogP contribution in [0.4, 0.5) is 4.39 Å². The lowest BCUT2D eigenvalue weighted by Crippen LogP contribution is -2.34. The summed E-state index contributed by atoms with van der Waals surface area (Å²) in [6.07, 6.45) is 2.00. The van der Waals surface area contributed by atoms with Gasteiger partial charge in [-0.3, -0.25) is 0 Å². The summed E-state index contributed by atoms with van der Waals surface area (Å²) in [6.45, 7) is -0.684. The highest BCUT2D eigenvalue weighted by Crippen LogP contribution is 2.20. The topological polar surface area (TPSA) is 55.5 Å². The van der Waals surface area contributed by atoms with E-state index in [1.807, 2.05) is 0 Å². The lowest BCUT2D eigenvalue weighted by atomic mass is 10.2. The van der Waals surface area contributed by atoms with Crippen LogP contribution in [0.3, 0.4) is 0 Å². The van der Waals surface area contributed by atoms with Gasteiger partial charge in [0, 0.05) is 6.04 Å². The van der Waals surface area contributed by atoms with E-state index in [1.54, 1.807) is 0 Å². The van der Waals surface area contributed by atoms with Crippen molar-refractivity contribution >= 4 is 0 Å². The zero-order chi connectivity index (χ0) is 8.97. The molecule has 0 radical (unpaired) electrons. The van der Waals surface area contributed by atoms with Crippen LogP contribution in [0.25, 0.3) is 0 Å². The Morgan fingerprint density at radius 3 is 2.83 bits per heavy atom. The molecule has 3 atom stereocenters. The van der Waals surface area contributed by atoms with Gasteiger partial charge < -0.3 is 15.6 Å². The Hall–Kier alpha value is -0.190. The van der Waals surface area contributed by atoms with Crippen LogP contribution in [-0.2, 0) is 4.74 Å². The first-order valence-electron chi connectivity index (χ1n) is 4.35. The summed E-state index contributed by atoms with van der Waals surface area (Å²) in [7, 11) is 0. The van der Waals surface area contributed by atoms with E-state index < -0.39 is 12.8 Å². The Labute approximate surface area is 71.7 Å². The van der Waals surface area contributed by atoms with Crippen LogP contribution in [0.2, 0.25) is 0 Å². The van der Waals surface area contributed by atoms with E-state index in [0.29, 0.717) is 0 Å². The van der Waals surface area contributed by atoms with Crippen molar-refractivity contribution < 1.29 is 14.2 Å². The van der Waals surface area contributed by atoms with Crippen LogP contribution >= 0.6 is 0 Å². The molecule has 1 rings (SSSR count). The van der Waals surface area contributed by atoms with Crippen molar-refractivity contribution in [1.29, 1.82) is 0 Å². The molecule has 0 aliphatic heterocycles. The molecule has 3 nitrogen and oxygen atoms in total. The van der Waals surface area contributed by atoms with Crippen molar-refractivity contribution in [2.24, 2.45) is 5.73 Å². The number of alkyl halides is 1. The first-order chi connectivity index (χ1) is 5.74. The standard InChI is InChI=1S/C8H16FNO2/c9-4-6(11)5-12-8-3-1-2-7(8)10/h6-8,11H,1-5,10H2. The molecule has 0 aromatic carbocycles. The number of ether oxygens (including phenoxy) is 1. The second-order valence-corrected chi connectivity index (χ2v) is 3.27. The lowest BCUT2D eigenvalue weighted by molar-refractivity contribution is -0.0194. The summed E-state index contributed by atoms with van der Waals surface area (Å²) in [4.78, 5) is 0. The van der Waals surface area contributed by atoms with Crippen molar-refractivity contribution in [2.45, 2.75) is 37.5 Å². The van der Waals surface area contributed by atoms with Crippen molar-refractivity contribution in [3.8, 4) is 0 Å². The molecular weight excluding hydrogens is 161 g/mol. The van der Waals surface area contributed by atoms with E-state index in [9.17, 15) is 4.39 Å². The molecule has 0 saturated heterocycles. The third-order valence-corrected chi connectivity index (χ3v) is 2.18. The van der Waals surface area contributed by atoms with Crippen LogP contribution in [0.15, 0.2) is 0 Å². The van der Waals surface area contributed by atoms with Crippen molar-refractivity contribution in [3.05, 3.63) is 0 Å². The summed E-state index contributed by atoms with van der Waals surface area (Å²) in [5, 5.41) is 8.86. The Morgan fingerprint density at radius 1 is 1.58 bits per heavy atom. The van der Waals surface area contributed by atoms with Gasteiger partial charge >= 0.3 is 0 Å². The molecule has 1 aliphatic carbocycles. The summed E-state index contributed by atoms with van der Waals surface area (Å²) in [5.41, 5.74) is 5.71. The number of nitrogens with two attached hydrogens (primary N) is 1. The molecule has 0 heterocycles. The van der Waals surface area contributed by atoms with Crippen LogP contribution in [-0.4, -0.2) is 36.6 Å². The van der Waals surface area contributed by atoms with Gasteiger partial charge in [-0.2, -0.15) is 0 Å². The highest BCUT2D eigenvalue weighted by Gasteiger charge is 2.24. The van der Waals surface area contributed by atoms with Crippen molar-refractivity contribution in [1.82, 2.24) is 0 Å². The number of hydrogen-bond acceptors (Lipinski definition) is 3. The summed E-state index contributed by atoms with van der Waals surface area (Å²) >= 11 is 0. The van der Waals surface area contributed by atoms with Gasteiger partial charge in [-0.25, -0.2) is 4.39 Å². The normalized spacial score (nSPS) is 32.2. The first-order valence-corrected chi connectivity index (χ1v) is 4.35. The fourth-order valence-electron chi connectivity index (χ4n) is 1.44. The van der Waals surface area contributed by atoms with E-state index in [-0.39, 0.29) is 18.8 Å². The molecule has 0 aromatic rings. The maximum Gasteiger partial charge on any atom is 0.118 e. The summed E-state index contributed by atoms with van der Waals surface area (Å²) in [6, 6.07) is 0.0665. The summed E-state index contributed by atoms with van der Waals surface area (Å²) < 4.78 is 17.0. The van der Waals surface area contributed by atoms with E-state index in [4.69, 9.17) is 15.6 Å². The minimum atomic E-state index is -0.988. The van der Waals surface area contributed by atoms with Crippen LogP contribution in [0.1, 0.15) is 19.3 Å². The Bertz CT molecular complexity index is 134. The highest BCUT2D eigenvalue weighted by molar-refractivity contribution is 4.81. The maximum atomic E-state index is 11.8. The van der Waals surface area contributed by atoms with E-state index in [1.165, 1.54) is 0 Å². The minimum Gasteiger partial charge on any atom is -0.388 e. The molecule has 12 heavy (non-hydrogen) atoms. The van der Waals surface area contributed by atoms with Crippen molar-refractivity contribution in [3.63, 3.8) is 0 Å². The van der Waals surface area contributed by atoms with Gasteiger partial charge in [0.2, 0.25) is 0 Å². The number of rotatable bonds is 4. The molecule has 72 valence electrons. The second kappa shape index (κ2) is 4.74. The fraction of sp³-hybridized carbons (Fsp3) is 1.00. The van der Waals surface area contributed by atoms with Crippen LogP contribution in [0, 0.1) is 0 Å². The molecule has 1 saturated carbocycles. The van der Waals surface area contributed by atoms with Gasteiger partial charge in [-0.05, 0) is 19.3 Å². The molecule has 3 N–H and O–H groups in total.